The number of para-hydroxylation sites is 1. The minimum absolute atomic E-state index is 0.0127. The lowest BCUT2D eigenvalue weighted by Gasteiger charge is -2.21. The van der Waals surface area contributed by atoms with Gasteiger partial charge >= 0.3 is 0 Å². The standard InChI is InChI=1S/C41H28N2/c1-41(2)34-14-8-6-12-32(34)38-31-21-18-25-16-17-27-24-28(19-20-29(27)37(25)30(31)22-23-35(38)41)40-42-36-15-9-7-13-33(36)39(43-40)26-10-4-3-5-11-26/h3-24H,1-2H3. The van der Waals surface area contributed by atoms with Crippen LogP contribution in [0.25, 0.3) is 77.0 Å². The van der Waals surface area contributed by atoms with Crippen LogP contribution in [0.3, 0.4) is 0 Å². The second-order valence-electron chi connectivity index (χ2n) is 12.2. The first kappa shape index (κ1) is 24.3. The van der Waals surface area contributed by atoms with Crippen LogP contribution in [0.15, 0.2) is 133 Å². The molecule has 9 rings (SSSR count). The number of hydrogen-bond donors (Lipinski definition) is 0. The van der Waals surface area contributed by atoms with E-state index in [1.54, 1.807) is 0 Å². The molecule has 0 amide bonds. The predicted octanol–water partition coefficient (Wildman–Crippen LogP) is 10.7. The Kier molecular flexibility index (Phi) is 4.99. The van der Waals surface area contributed by atoms with E-state index in [2.05, 4.69) is 135 Å². The number of rotatable bonds is 2. The monoisotopic (exact) mass is 548 g/mol. The van der Waals surface area contributed by atoms with Gasteiger partial charge in [-0.25, -0.2) is 9.97 Å². The normalized spacial score (nSPS) is 13.5. The SMILES string of the molecule is CC1(C)c2ccccc2-c2c1ccc1c2ccc2ccc3cc(-c4nc(-c5ccccc5)c5ccccc5n4)ccc3c21. The number of benzene rings is 7. The highest BCUT2D eigenvalue weighted by Gasteiger charge is 2.36. The summed E-state index contributed by atoms with van der Waals surface area (Å²) < 4.78 is 0. The molecule has 1 aromatic heterocycles. The van der Waals surface area contributed by atoms with Crippen molar-refractivity contribution in [2.45, 2.75) is 19.3 Å². The fourth-order valence-corrected chi connectivity index (χ4v) is 7.33. The van der Waals surface area contributed by atoms with Crippen molar-refractivity contribution in [1.29, 1.82) is 0 Å². The second-order valence-corrected chi connectivity index (χ2v) is 12.2. The summed E-state index contributed by atoms with van der Waals surface area (Å²) in [7, 11) is 0. The minimum Gasteiger partial charge on any atom is -0.228 e. The van der Waals surface area contributed by atoms with Gasteiger partial charge in [0.05, 0.1) is 11.2 Å². The van der Waals surface area contributed by atoms with Crippen LogP contribution in [0, 0.1) is 0 Å². The molecular formula is C41H28N2. The van der Waals surface area contributed by atoms with E-state index in [0.717, 1.165) is 33.5 Å². The van der Waals surface area contributed by atoms with E-state index >= 15 is 0 Å². The molecule has 0 bridgehead atoms. The van der Waals surface area contributed by atoms with Gasteiger partial charge in [-0.15, -0.1) is 0 Å². The molecule has 2 nitrogen and oxygen atoms in total. The van der Waals surface area contributed by atoms with E-state index < -0.39 is 0 Å². The van der Waals surface area contributed by atoms with E-state index in [0.29, 0.717) is 0 Å². The molecule has 1 aliphatic carbocycles. The Morgan fingerprint density at radius 1 is 0.488 bits per heavy atom. The average Bonchev–Trinajstić information content (AvgIpc) is 3.30. The summed E-state index contributed by atoms with van der Waals surface area (Å²) in [6.45, 7) is 4.69. The molecule has 0 N–H and O–H groups in total. The highest BCUT2D eigenvalue weighted by Crippen LogP contribution is 2.52. The van der Waals surface area contributed by atoms with Crippen LogP contribution in [0.1, 0.15) is 25.0 Å². The van der Waals surface area contributed by atoms with Crippen LogP contribution in [0.2, 0.25) is 0 Å². The maximum Gasteiger partial charge on any atom is 0.160 e. The quantitative estimate of drug-likeness (QED) is 0.201. The van der Waals surface area contributed by atoms with Gasteiger partial charge in [-0.1, -0.05) is 135 Å². The first-order valence-electron chi connectivity index (χ1n) is 14.9. The van der Waals surface area contributed by atoms with Crippen molar-refractivity contribution in [3.63, 3.8) is 0 Å². The topological polar surface area (TPSA) is 25.8 Å². The highest BCUT2D eigenvalue weighted by atomic mass is 14.9. The summed E-state index contributed by atoms with van der Waals surface area (Å²) in [6.07, 6.45) is 0. The van der Waals surface area contributed by atoms with Gasteiger partial charge in [0, 0.05) is 21.9 Å². The van der Waals surface area contributed by atoms with Crippen LogP contribution in [0.4, 0.5) is 0 Å². The van der Waals surface area contributed by atoms with Crippen LogP contribution in [-0.4, -0.2) is 9.97 Å². The zero-order chi connectivity index (χ0) is 28.7. The molecule has 0 radical (unpaired) electrons. The van der Waals surface area contributed by atoms with Gasteiger partial charge in [0.25, 0.3) is 0 Å². The lowest BCUT2D eigenvalue weighted by atomic mass is 9.82. The zero-order valence-electron chi connectivity index (χ0n) is 24.1. The average molecular weight is 549 g/mol. The minimum atomic E-state index is -0.0127. The Hall–Kier alpha value is -5.34. The Morgan fingerprint density at radius 3 is 2.12 bits per heavy atom. The zero-order valence-corrected chi connectivity index (χ0v) is 24.1. The van der Waals surface area contributed by atoms with Crippen molar-refractivity contribution >= 4 is 43.2 Å². The van der Waals surface area contributed by atoms with Crippen LogP contribution < -0.4 is 0 Å². The van der Waals surface area contributed by atoms with Gasteiger partial charge in [-0.05, 0) is 66.7 Å². The highest BCUT2D eigenvalue weighted by molar-refractivity contribution is 6.23. The summed E-state index contributed by atoms with van der Waals surface area (Å²) >= 11 is 0. The summed E-state index contributed by atoms with van der Waals surface area (Å²) in [5, 5.41) is 8.69. The summed E-state index contributed by atoms with van der Waals surface area (Å²) in [4.78, 5) is 10.1. The lowest BCUT2D eigenvalue weighted by molar-refractivity contribution is 0.661. The van der Waals surface area contributed by atoms with Gasteiger partial charge in [0.2, 0.25) is 0 Å². The summed E-state index contributed by atoms with van der Waals surface area (Å²) in [5.41, 5.74) is 9.57. The van der Waals surface area contributed by atoms with Gasteiger partial charge in [-0.2, -0.15) is 0 Å². The van der Waals surface area contributed by atoms with E-state index in [1.165, 1.54) is 54.6 Å². The molecule has 202 valence electrons. The molecular weight excluding hydrogens is 520 g/mol. The third kappa shape index (κ3) is 3.47. The van der Waals surface area contributed by atoms with Crippen molar-refractivity contribution in [1.82, 2.24) is 9.97 Å². The number of hydrogen-bond acceptors (Lipinski definition) is 2. The number of aromatic nitrogens is 2. The molecule has 1 aliphatic rings. The van der Waals surface area contributed by atoms with Gasteiger partial charge in [0.1, 0.15) is 0 Å². The van der Waals surface area contributed by atoms with Crippen LogP contribution >= 0.6 is 0 Å². The van der Waals surface area contributed by atoms with E-state index in [4.69, 9.17) is 9.97 Å². The third-order valence-electron chi connectivity index (χ3n) is 9.45. The van der Waals surface area contributed by atoms with Gasteiger partial charge in [-0.3, -0.25) is 0 Å². The molecule has 0 aliphatic heterocycles. The van der Waals surface area contributed by atoms with Crippen molar-refractivity contribution in [2.24, 2.45) is 0 Å². The van der Waals surface area contributed by atoms with Gasteiger partial charge in [0.15, 0.2) is 5.82 Å². The maximum absolute atomic E-state index is 5.12. The van der Waals surface area contributed by atoms with Crippen LogP contribution in [0.5, 0.6) is 0 Å². The Labute approximate surface area is 250 Å². The lowest BCUT2D eigenvalue weighted by Crippen LogP contribution is -2.14. The van der Waals surface area contributed by atoms with Crippen molar-refractivity contribution in [3.8, 4) is 33.8 Å². The largest absolute Gasteiger partial charge is 0.228 e. The Morgan fingerprint density at radius 2 is 1.21 bits per heavy atom. The van der Waals surface area contributed by atoms with Crippen LogP contribution in [-0.2, 0) is 5.41 Å². The van der Waals surface area contributed by atoms with E-state index in [1.807, 2.05) is 12.1 Å². The maximum atomic E-state index is 5.12. The molecule has 2 heteroatoms. The van der Waals surface area contributed by atoms with E-state index in [-0.39, 0.29) is 5.41 Å². The molecule has 0 fully saturated rings. The summed E-state index contributed by atoms with van der Waals surface area (Å²) in [5.74, 6) is 0.745. The smallest absolute Gasteiger partial charge is 0.160 e. The fourth-order valence-electron chi connectivity index (χ4n) is 7.33. The molecule has 0 saturated carbocycles. The molecule has 43 heavy (non-hydrogen) atoms. The molecule has 1 heterocycles. The first-order valence-corrected chi connectivity index (χ1v) is 14.9. The fraction of sp³-hybridized carbons (Fsp3) is 0.0732. The van der Waals surface area contributed by atoms with Crippen molar-refractivity contribution < 1.29 is 0 Å². The molecule has 7 aromatic carbocycles. The Bertz CT molecular complexity index is 2420. The molecule has 0 saturated heterocycles. The molecule has 0 unspecified atom stereocenters. The summed E-state index contributed by atoms with van der Waals surface area (Å²) in [6, 6.07) is 48.1. The number of nitrogens with zero attached hydrogens (tertiary/aromatic N) is 2. The van der Waals surface area contributed by atoms with Gasteiger partial charge < -0.3 is 0 Å². The van der Waals surface area contributed by atoms with Crippen molar-refractivity contribution in [3.05, 3.63) is 145 Å². The molecule has 8 aromatic rings. The predicted molar refractivity (Wildman–Crippen MR) is 180 cm³/mol. The van der Waals surface area contributed by atoms with E-state index in [9.17, 15) is 0 Å². The Balaban J connectivity index is 1.27. The van der Waals surface area contributed by atoms with Crippen molar-refractivity contribution in [2.75, 3.05) is 0 Å². The molecule has 0 spiro atoms. The number of fused-ring (bicyclic) bond motifs is 10. The molecule has 0 atom stereocenters. The first-order chi connectivity index (χ1) is 21.1. The second kappa shape index (κ2) is 8.83. The third-order valence-corrected chi connectivity index (χ3v) is 9.45.